The summed E-state index contributed by atoms with van der Waals surface area (Å²) in [6.45, 7) is 0. The number of fused-ring (bicyclic) bond motifs is 2. The molecule has 0 saturated heterocycles. The first-order valence-corrected chi connectivity index (χ1v) is 10.6. The molecular formula is C27H18N4O4. The van der Waals surface area contributed by atoms with E-state index in [1.54, 1.807) is 55.2 Å². The number of hydrogen-bond acceptors (Lipinski definition) is 7. The van der Waals surface area contributed by atoms with Crippen LogP contribution in [0.2, 0.25) is 0 Å². The molecule has 2 heterocycles. The monoisotopic (exact) mass is 462 g/mol. The normalized spacial score (nSPS) is 11.7. The van der Waals surface area contributed by atoms with Gasteiger partial charge in [-0.25, -0.2) is 4.79 Å². The number of aromatic nitrogens is 2. The number of nitrogens with zero attached hydrogens (tertiary/aromatic N) is 4. The van der Waals surface area contributed by atoms with Gasteiger partial charge in [-0.1, -0.05) is 12.1 Å². The summed E-state index contributed by atoms with van der Waals surface area (Å²) in [4.78, 5) is 29.0. The van der Waals surface area contributed by atoms with Crippen LogP contribution < -0.4 is 0 Å². The molecule has 0 unspecified atom stereocenters. The van der Waals surface area contributed by atoms with Crippen LogP contribution in [0.3, 0.4) is 0 Å². The number of carboxylic acids is 1. The molecule has 0 atom stereocenters. The molecule has 0 bridgehead atoms. The summed E-state index contributed by atoms with van der Waals surface area (Å²) < 4.78 is 0. The van der Waals surface area contributed by atoms with Crippen LogP contribution in [0, 0.1) is 0 Å². The Hall–Kier alpha value is -5.11. The maximum atomic E-state index is 11.7. The second-order valence-corrected chi connectivity index (χ2v) is 7.71. The molecule has 0 aliphatic heterocycles. The molecule has 8 nitrogen and oxygen atoms in total. The summed E-state index contributed by atoms with van der Waals surface area (Å²) in [5.41, 5.74) is 3.20. The molecule has 0 spiro atoms. The first kappa shape index (κ1) is 21.7. The van der Waals surface area contributed by atoms with Crippen molar-refractivity contribution in [2.45, 2.75) is 0 Å². The van der Waals surface area contributed by atoms with Crippen LogP contribution in [-0.4, -0.2) is 43.7 Å². The smallest absolute Gasteiger partial charge is 0.335 e. The third kappa shape index (κ3) is 4.40. The van der Waals surface area contributed by atoms with Crippen molar-refractivity contribution in [3.8, 4) is 11.5 Å². The van der Waals surface area contributed by atoms with Crippen molar-refractivity contribution in [3.63, 3.8) is 0 Å². The lowest BCUT2D eigenvalue weighted by atomic mass is 10.1. The molecular weight excluding hydrogens is 444 g/mol. The van der Waals surface area contributed by atoms with E-state index >= 15 is 0 Å². The molecule has 0 fully saturated rings. The van der Waals surface area contributed by atoms with Gasteiger partial charge in [-0.05, 0) is 54.6 Å². The number of hydrogen-bond donors (Lipinski definition) is 3. The van der Waals surface area contributed by atoms with Crippen molar-refractivity contribution >= 4 is 51.6 Å². The fourth-order valence-corrected chi connectivity index (χ4v) is 3.74. The summed E-state index contributed by atoms with van der Waals surface area (Å²) in [5, 5.41) is 31.1. The van der Waals surface area contributed by atoms with Gasteiger partial charge in [-0.2, -0.15) is 0 Å². The zero-order valence-corrected chi connectivity index (χ0v) is 18.2. The number of aromatic hydroxyl groups is 2. The molecule has 2 aromatic heterocycles. The lowest BCUT2D eigenvalue weighted by Crippen LogP contribution is -1.95. The number of rotatable bonds is 5. The predicted octanol–water partition coefficient (Wildman–Crippen LogP) is 5.39. The summed E-state index contributed by atoms with van der Waals surface area (Å²) >= 11 is 0. The van der Waals surface area contributed by atoms with Gasteiger partial charge in [0.2, 0.25) is 0 Å². The van der Waals surface area contributed by atoms with E-state index < -0.39 is 5.97 Å². The van der Waals surface area contributed by atoms with Crippen LogP contribution in [0.25, 0.3) is 21.8 Å². The lowest BCUT2D eigenvalue weighted by molar-refractivity contribution is 0.0697. The van der Waals surface area contributed by atoms with Crippen molar-refractivity contribution < 1.29 is 20.1 Å². The molecule has 0 saturated carbocycles. The second kappa shape index (κ2) is 9.03. The molecule has 35 heavy (non-hydrogen) atoms. The number of carboxylic acid groups (broad SMARTS) is 1. The quantitative estimate of drug-likeness (QED) is 0.300. The van der Waals surface area contributed by atoms with E-state index in [0.717, 1.165) is 21.9 Å². The van der Waals surface area contributed by atoms with E-state index in [-0.39, 0.29) is 17.1 Å². The average molecular weight is 462 g/mol. The van der Waals surface area contributed by atoms with Gasteiger partial charge in [0.05, 0.1) is 16.9 Å². The Kier molecular flexibility index (Phi) is 5.60. The minimum atomic E-state index is -1.10. The van der Waals surface area contributed by atoms with Gasteiger partial charge >= 0.3 is 5.97 Å². The van der Waals surface area contributed by atoms with Crippen molar-refractivity contribution in [2.24, 2.45) is 9.98 Å². The van der Waals surface area contributed by atoms with Crippen LogP contribution in [0.5, 0.6) is 11.5 Å². The molecule has 170 valence electrons. The topological polar surface area (TPSA) is 128 Å². The van der Waals surface area contributed by atoms with Gasteiger partial charge in [0, 0.05) is 46.7 Å². The van der Waals surface area contributed by atoms with Crippen molar-refractivity contribution in [2.75, 3.05) is 0 Å². The molecule has 3 N–H and O–H groups in total. The molecule has 0 aliphatic rings. The molecule has 0 amide bonds. The highest BCUT2D eigenvalue weighted by molar-refractivity contribution is 6.02. The maximum Gasteiger partial charge on any atom is 0.335 e. The van der Waals surface area contributed by atoms with E-state index in [2.05, 4.69) is 20.0 Å². The van der Waals surface area contributed by atoms with Gasteiger partial charge in [-0.3, -0.25) is 20.0 Å². The van der Waals surface area contributed by atoms with E-state index in [0.29, 0.717) is 22.4 Å². The fraction of sp³-hybridized carbons (Fsp3) is 0. The zero-order chi connectivity index (χ0) is 24.4. The third-order valence-electron chi connectivity index (χ3n) is 5.42. The Balaban J connectivity index is 1.53. The third-order valence-corrected chi connectivity index (χ3v) is 5.42. The van der Waals surface area contributed by atoms with Crippen molar-refractivity contribution in [3.05, 3.63) is 95.8 Å². The fourth-order valence-electron chi connectivity index (χ4n) is 3.74. The van der Waals surface area contributed by atoms with Crippen molar-refractivity contribution in [1.29, 1.82) is 0 Å². The highest BCUT2D eigenvalue weighted by atomic mass is 16.4. The zero-order valence-electron chi connectivity index (χ0n) is 18.2. The average Bonchev–Trinajstić information content (AvgIpc) is 2.88. The first-order valence-electron chi connectivity index (χ1n) is 10.6. The van der Waals surface area contributed by atoms with Gasteiger partial charge < -0.3 is 15.3 Å². The van der Waals surface area contributed by atoms with Crippen LogP contribution in [0.15, 0.2) is 89.1 Å². The van der Waals surface area contributed by atoms with E-state index in [4.69, 9.17) is 0 Å². The van der Waals surface area contributed by atoms with Crippen LogP contribution in [0.1, 0.15) is 21.5 Å². The second-order valence-electron chi connectivity index (χ2n) is 7.71. The Morgan fingerprint density at radius 1 is 0.714 bits per heavy atom. The van der Waals surface area contributed by atoms with Gasteiger partial charge in [0.15, 0.2) is 0 Å². The van der Waals surface area contributed by atoms with E-state index in [1.807, 2.05) is 12.1 Å². The summed E-state index contributed by atoms with van der Waals surface area (Å²) in [6, 6.07) is 18.3. The number of aliphatic imine (C=N–C) groups is 2. The van der Waals surface area contributed by atoms with Crippen LogP contribution >= 0.6 is 0 Å². The van der Waals surface area contributed by atoms with E-state index in [9.17, 15) is 20.1 Å². The molecule has 8 heteroatoms. The standard InChI is InChI=1S/C27H18N4O4/c32-23-7-5-16(21-3-1-9-28-25(21)23)14-30-19-11-18(27(34)35)12-20(13-19)31-15-17-6-8-24(33)26-22(17)4-2-10-29-26/h1-15,32-33H,(H,34,35). The number of aromatic carboxylic acids is 1. The number of carbonyl (C=O) groups is 1. The van der Waals surface area contributed by atoms with E-state index in [1.165, 1.54) is 24.3 Å². The number of pyridine rings is 2. The van der Waals surface area contributed by atoms with Gasteiger partial charge in [-0.15, -0.1) is 0 Å². The Labute approximate surface area is 199 Å². The Bertz CT molecular complexity index is 1550. The number of phenols is 2. The largest absolute Gasteiger partial charge is 0.506 e. The predicted molar refractivity (Wildman–Crippen MR) is 135 cm³/mol. The number of benzene rings is 3. The first-order chi connectivity index (χ1) is 17.0. The molecule has 0 aliphatic carbocycles. The summed E-state index contributed by atoms with van der Waals surface area (Å²) in [6.07, 6.45) is 6.38. The highest BCUT2D eigenvalue weighted by Gasteiger charge is 2.09. The number of phenolic OH excluding ortho intramolecular Hbond substituents is 2. The maximum absolute atomic E-state index is 11.7. The molecule has 5 aromatic rings. The SMILES string of the molecule is O=C(O)c1cc(N=Cc2ccc(O)c3ncccc23)cc(N=Cc2ccc(O)c3ncccc23)c1. The molecule has 3 aromatic carbocycles. The van der Waals surface area contributed by atoms with Gasteiger partial charge in [0.1, 0.15) is 22.5 Å². The molecule has 0 radical (unpaired) electrons. The molecule has 5 rings (SSSR count). The minimum Gasteiger partial charge on any atom is -0.506 e. The van der Waals surface area contributed by atoms with Crippen LogP contribution in [0.4, 0.5) is 11.4 Å². The minimum absolute atomic E-state index is 0.0428. The Morgan fingerprint density at radius 3 is 1.66 bits per heavy atom. The van der Waals surface area contributed by atoms with Gasteiger partial charge in [0.25, 0.3) is 0 Å². The Morgan fingerprint density at radius 2 is 1.20 bits per heavy atom. The highest BCUT2D eigenvalue weighted by Crippen LogP contribution is 2.28. The lowest BCUT2D eigenvalue weighted by Gasteiger charge is -2.05. The van der Waals surface area contributed by atoms with Crippen LogP contribution in [-0.2, 0) is 0 Å². The summed E-state index contributed by atoms with van der Waals surface area (Å²) in [5.74, 6) is -0.963. The van der Waals surface area contributed by atoms with Crippen molar-refractivity contribution in [1.82, 2.24) is 9.97 Å². The summed E-state index contributed by atoms with van der Waals surface area (Å²) in [7, 11) is 0.